The number of hydrogen-bond donors (Lipinski definition) is 0. The van der Waals surface area contributed by atoms with Gasteiger partial charge in [0.25, 0.3) is 0 Å². The molecule has 1 aromatic rings. The minimum absolute atomic E-state index is 0.0745. The maximum Gasteiger partial charge on any atom is 0.230 e. The Morgan fingerprint density at radius 2 is 2.25 bits per heavy atom. The molecule has 0 aromatic carbocycles. The number of thiazole rings is 1. The van der Waals surface area contributed by atoms with Gasteiger partial charge in [0.05, 0.1) is 5.38 Å². The van der Waals surface area contributed by atoms with E-state index in [1.54, 1.807) is 16.2 Å². The van der Waals surface area contributed by atoms with Gasteiger partial charge in [-0.2, -0.15) is 0 Å². The lowest BCUT2D eigenvalue weighted by atomic mass is 9.96. The summed E-state index contributed by atoms with van der Waals surface area (Å²) in [5.74, 6) is 0.0785. The quantitative estimate of drug-likeness (QED) is 0.726. The summed E-state index contributed by atoms with van der Waals surface area (Å²) < 4.78 is 0. The molecule has 2 heterocycles. The van der Waals surface area contributed by atoms with Crippen LogP contribution in [0.5, 0.6) is 0 Å². The van der Waals surface area contributed by atoms with Crippen molar-refractivity contribution in [1.82, 2.24) is 4.98 Å². The Kier molecular flexibility index (Phi) is 2.97. The van der Waals surface area contributed by atoms with Gasteiger partial charge in [-0.15, -0.1) is 22.9 Å². The van der Waals surface area contributed by atoms with Crippen LogP contribution in [0.25, 0.3) is 0 Å². The molecule has 1 aliphatic heterocycles. The minimum Gasteiger partial charge on any atom is -0.287 e. The molecule has 0 bridgehead atoms. The van der Waals surface area contributed by atoms with E-state index in [1.165, 1.54) is 4.88 Å². The zero-order chi connectivity index (χ0) is 11.9. The second-order valence-electron chi connectivity index (χ2n) is 5.06. The zero-order valence-corrected chi connectivity index (χ0v) is 11.2. The third-order valence-corrected chi connectivity index (χ3v) is 4.28. The van der Waals surface area contributed by atoms with E-state index in [9.17, 15) is 4.79 Å². The van der Waals surface area contributed by atoms with Crippen LogP contribution in [-0.2, 0) is 10.2 Å². The molecule has 0 N–H and O–H groups in total. The fourth-order valence-corrected chi connectivity index (χ4v) is 2.86. The van der Waals surface area contributed by atoms with Gasteiger partial charge in [0.1, 0.15) is 0 Å². The second-order valence-corrected chi connectivity index (χ2v) is 6.69. The molecule has 1 atom stereocenters. The van der Waals surface area contributed by atoms with E-state index < -0.39 is 0 Å². The van der Waals surface area contributed by atoms with E-state index in [-0.39, 0.29) is 16.7 Å². The first-order valence-electron chi connectivity index (χ1n) is 5.28. The Bertz CT molecular complexity index is 410. The molecule has 2 rings (SSSR count). The van der Waals surface area contributed by atoms with Crippen LogP contribution in [0, 0.1) is 0 Å². The number of amides is 1. The molecule has 0 spiro atoms. The number of aromatic nitrogens is 1. The summed E-state index contributed by atoms with van der Waals surface area (Å²) in [5.41, 5.74) is 0.0824. The van der Waals surface area contributed by atoms with Gasteiger partial charge in [-0.1, -0.05) is 20.8 Å². The monoisotopic (exact) mass is 258 g/mol. The van der Waals surface area contributed by atoms with Gasteiger partial charge in [0.2, 0.25) is 5.91 Å². The normalized spacial score (nSPS) is 21.9. The fourth-order valence-electron chi connectivity index (χ4n) is 1.59. The number of nitrogens with zero attached hydrogens (tertiary/aromatic N) is 2. The number of carbonyl (C=O) groups is 1. The molecule has 16 heavy (non-hydrogen) atoms. The van der Waals surface area contributed by atoms with Crippen LogP contribution in [0.1, 0.15) is 32.1 Å². The molecule has 5 heteroatoms. The van der Waals surface area contributed by atoms with Crippen molar-refractivity contribution in [3.05, 3.63) is 11.1 Å². The van der Waals surface area contributed by atoms with E-state index in [0.29, 0.717) is 13.0 Å². The lowest BCUT2D eigenvalue weighted by Gasteiger charge is -2.15. The van der Waals surface area contributed by atoms with E-state index >= 15 is 0 Å². The lowest BCUT2D eigenvalue weighted by Crippen LogP contribution is -2.24. The average molecular weight is 259 g/mol. The van der Waals surface area contributed by atoms with Crippen molar-refractivity contribution in [3.8, 4) is 0 Å². The third kappa shape index (κ3) is 2.23. The number of rotatable bonds is 1. The summed E-state index contributed by atoms with van der Waals surface area (Å²) in [6, 6.07) is 0. The standard InChI is InChI=1S/C11H15ClN2OS/c1-11(2,3)8-5-13-10(16-8)14-6-7(12)4-9(14)15/h5,7H,4,6H2,1-3H3. The fraction of sp³-hybridized carbons (Fsp3) is 0.636. The largest absolute Gasteiger partial charge is 0.287 e. The van der Waals surface area contributed by atoms with Crippen LogP contribution in [0.2, 0.25) is 0 Å². The lowest BCUT2D eigenvalue weighted by molar-refractivity contribution is -0.117. The van der Waals surface area contributed by atoms with Gasteiger partial charge in [-0.3, -0.25) is 9.69 Å². The predicted molar refractivity (Wildman–Crippen MR) is 67.4 cm³/mol. The molecule has 88 valence electrons. The van der Waals surface area contributed by atoms with Crippen LogP contribution >= 0.6 is 22.9 Å². The Morgan fingerprint density at radius 3 is 2.69 bits per heavy atom. The van der Waals surface area contributed by atoms with E-state index in [0.717, 1.165) is 5.13 Å². The van der Waals surface area contributed by atoms with Crippen LogP contribution in [0.3, 0.4) is 0 Å². The van der Waals surface area contributed by atoms with Gasteiger partial charge < -0.3 is 0 Å². The highest BCUT2D eigenvalue weighted by atomic mass is 35.5. The molecule has 1 aliphatic rings. The number of hydrogen-bond acceptors (Lipinski definition) is 3. The van der Waals surface area contributed by atoms with Crippen LogP contribution in [0.15, 0.2) is 6.20 Å². The first-order valence-corrected chi connectivity index (χ1v) is 6.54. The van der Waals surface area contributed by atoms with Crippen molar-refractivity contribution in [3.63, 3.8) is 0 Å². The molecule has 0 aliphatic carbocycles. The molecular weight excluding hydrogens is 244 g/mol. The summed E-state index contributed by atoms with van der Waals surface area (Å²) >= 11 is 7.54. The maximum absolute atomic E-state index is 11.7. The SMILES string of the molecule is CC(C)(C)c1cnc(N2CC(Cl)CC2=O)s1. The van der Waals surface area contributed by atoms with E-state index in [1.807, 2.05) is 6.20 Å². The van der Waals surface area contributed by atoms with Gasteiger partial charge in [-0.05, 0) is 5.41 Å². The van der Waals surface area contributed by atoms with Crippen molar-refractivity contribution < 1.29 is 4.79 Å². The first kappa shape index (κ1) is 11.9. The topological polar surface area (TPSA) is 33.2 Å². The van der Waals surface area contributed by atoms with Crippen LogP contribution in [0.4, 0.5) is 5.13 Å². The first-order chi connectivity index (χ1) is 7.38. The minimum atomic E-state index is -0.0745. The highest BCUT2D eigenvalue weighted by Gasteiger charge is 2.31. The summed E-state index contributed by atoms with van der Waals surface area (Å²) in [6.07, 6.45) is 2.28. The van der Waals surface area contributed by atoms with E-state index in [2.05, 4.69) is 25.8 Å². The number of alkyl halides is 1. The summed E-state index contributed by atoms with van der Waals surface area (Å²) in [7, 11) is 0. The Labute approximate surface area is 104 Å². The highest BCUT2D eigenvalue weighted by Crippen LogP contribution is 2.34. The Morgan fingerprint density at radius 1 is 1.56 bits per heavy atom. The van der Waals surface area contributed by atoms with Crippen molar-refractivity contribution in [1.29, 1.82) is 0 Å². The summed E-state index contributed by atoms with van der Waals surface area (Å²) in [6.45, 7) is 7.00. The molecule has 1 amide bonds. The summed E-state index contributed by atoms with van der Waals surface area (Å²) in [4.78, 5) is 18.8. The molecule has 1 unspecified atom stereocenters. The third-order valence-electron chi connectivity index (χ3n) is 2.54. The molecule has 1 fully saturated rings. The van der Waals surface area contributed by atoms with Crippen LogP contribution < -0.4 is 4.90 Å². The number of anilines is 1. The number of halogens is 1. The Hall–Kier alpha value is -0.610. The Balaban J connectivity index is 2.23. The molecule has 1 saturated heterocycles. The molecule has 0 radical (unpaired) electrons. The molecular formula is C11H15ClN2OS. The number of carbonyl (C=O) groups excluding carboxylic acids is 1. The van der Waals surface area contributed by atoms with Crippen molar-refractivity contribution in [2.75, 3.05) is 11.4 Å². The average Bonchev–Trinajstić information content (AvgIpc) is 2.70. The van der Waals surface area contributed by atoms with E-state index in [4.69, 9.17) is 11.6 Å². The van der Waals surface area contributed by atoms with Gasteiger partial charge in [-0.25, -0.2) is 4.98 Å². The highest BCUT2D eigenvalue weighted by molar-refractivity contribution is 7.15. The molecule has 0 saturated carbocycles. The maximum atomic E-state index is 11.7. The molecule has 1 aromatic heterocycles. The zero-order valence-electron chi connectivity index (χ0n) is 9.66. The van der Waals surface area contributed by atoms with Crippen molar-refractivity contribution >= 4 is 34.0 Å². The second kappa shape index (κ2) is 4.00. The van der Waals surface area contributed by atoms with Crippen molar-refractivity contribution in [2.24, 2.45) is 0 Å². The molecule has 3 nitrogen and oxygen atoms in total. The van der Waals surface area contributed by atoms with Crippen LogP contribution in [-0.4, -0.2) is 22.8 Å². The van der Waals surface area contributed by atoms with Gasteiger partial charge in [0, 0.05) is 24.0 Å². The predicted octanol–water partition coefficient (Wildman–Crippen LogP) is 2.78. The smallest absolute Gasteiger partial charge is 0.230 e. The van der Waals surface area contributed by atoms with Gasteiger partial charge >= 0.3 is 0 Å². The van der Waals surface area contributed by atoms with Gasteiger partial charge in [0.15, 0.2) is 5.13 Å². The van der Waals surface area contributed by atoms with Crippen molar-refractivity contribution in [2.45, 2.75) is 38.0 Å². The summed E-state index contributed by atoms with van der Waals surface area (Å²) in [5, 5.41) is 0.701.